The molecular weight excluding hydrogens is 340 g/mol. The van der Waals surface area contributed by atoms with Gasteiger partial charge in [0.05, 0.1) is 36.5 Å². The Morgan fingerprint density at radius 2 is 2.15 bits per heavy atom. The van der Waals surface area contributed by atoms with Crippen LogP contribution in [0.5, 0.6) is 0 Å². The average Bonchev–Trinajstić information content (AvgIpc) is 3.34. The Hall–Kier alpha value is -2.96. The van der Waals surface area contributed by atoms with Gasteiger partial charge in [-0.25, -0.2) is 14.6 Å². The van der Waals surface area contributed by atoms with Crippen LogP contribution in [0.1, 0.15) is 42.5 Å². The molecule has 2 aliphatic rings. The molecule has 3 aromatic rings. The third-order valence-corrected chi connectivity index (χ3v) is 5.56. The predicted molar refractivity (Wildman–Crippen MR) is 100 cm³/mol. The molecule has 1 fully saturated rings. The summed E-state index contributed by atoms with van der Waals surface area (Å²) >= 11 is 0. The molecule has 0 unspecified atom stereocenters. The molecule has 7 heteroatoms. The fourth-order valence-electron chi connectivity index (χ4n) is 4.00. The minimum absolute atomic E-state index is 0.197. The second-order valence-electron chi connectivity index (χ2n) is 7.28. The standard InChI is InChI=1S/C20H22N6O/c1-3-14-6-7-16-15(9-14)20-22-18(11-24-8-4-5-19(24)27)23-26(20)10-17-13(2)21-12-25(16)17/h6-7,9,12H,3-5,8,10-11H2,1-2H3. The van der Waals surface area contributed by atoms with Crippen molar-refractivity contribution in [1.29, 1.82) is 0 Å². The van der Waals surface area contributed by atoms with Crippen LogP contribution in [0.4, 0.5) is 0 Å². The number of aryl methyl sites for hydroxylation is 2. The van der Waals surface area contributed by atoms with Crippen LogP contribution >= 0.6 is 0 Å². The first kappa shape index (κ1) is 16.2. The van der Waals surface area contributed by atoms with E-state index in [4.69, 9.17) is 10.1 Å². The maximum atomic E-state index is 12.0. The average molecular weight is 362 g/mol. The number of aromatic nitrogens is 5. The molecule has 1 saturated heterocycles. The van der Waals surface area contributed by atoms with Crippen molar-refractivity contribution in [3.63, 3.8) is 0 Å². The Bertz CT molecular complexity index is 1050. The highest BCUT2D eigenvalue weighted by Crippen LogP contribution is 2.32. The summed E-state index contributed by atoms with van der Waals surface area (Å²) < 4.78 is 4.10. The lowest BCUT2D eigenvalue weighted by Crippen LogP contribution is -2.24. The molecular formula is C20H22N6O. The summed E-state index contributed by atoms with van der Waals surface area (Å²) in [5.41, 5.74) is 5.53. The van der Waals surface area contributed by atoms with Crippen molar-refractivity contribution < 1.29 is 4.79 Å². The van der Waals surface area contributed by atoms with Gasteiger partial charge < -0.3 is 9.47 Å². The highest BCUT2D eigenvalue weighted by Gasteiger charge is 2.26. The number of amides is 1. The monoisotopic (exact) mass is 362 g/mol. The lowest BCUT2D eigenvalue weighted by atomic mass is 10.1. The molecule has 0 N–H and O–H groups in total. The van der Waals surface area contributed by atoms with E-state index in [9.17, 15) is 4.79 Å². The number of carbonyl (C=O) groups excluding carboxylic acids is 1. The van der Waals surface area contributed by atoms with Gasteiger partial charge in [-0.3, -0.25) is 4.79 Å². The summed E-state index contributed by atoms with van der Waals surface area (Å²) in [6, 6.07) is 6.51. The van der Waals surface area contributed by atoms with Crippen molar-refractivity contribution in [3.8, 4) is 17.1 Å². The first-order valence-corrected chi connectivity index (χ1v) is 9.52. The fourth-order valence-corrected chi connectivity index (χ4v) is 4.00. The Morgan fingerprint density at radius 1 is 1.26 bits per heavy atom. The van der Waals surface area contributed by atoms with E-state index in [0.717, 1.165) is 47.8 Å². The molecule has 1 aromatic carbocycles. The number of imidazole rings is 1. The summed E-state index contributed by atoms with van der Waals surface area (Å²) in [5, 5.41) is 4.75. The molecule has 1 amide bonds. The quantitative estimate of drug-likeness (QED) is 0.561. The minimum Gasteiger partial charge on any atom is -0.335 e. The SMILES string of the molecule is CCc1ccc2c(c1)-c1nc(CN3CCCC3=O)nn1Cc1c(C)ncn1-2. The largest absolute Gasteiger partial charge is 0.335 e. The Kier molecular flexibility index (Phi) is 3.63. The lowest BCUT2D eigenvalue weighted by Gasteiger charge is -2.12. The van der Waals surface area contributed by atoms with Crippen LogP contribution in [0.2, 0.25) is 0 Å². The van der Waals surface area contributed by atoms with Gasteiger partial charge in [0.25, 0.3) is 0 Å². The van der Waals surface area contributed by atoms with Crippen LogP contribution in [0.15, 0.2) is 24.5 Å². The first-order valence-electron chi connectivity index (χ1n) is 9.52. The number of fused-ring (bicyclic) bond motifs is 5. The predicted octanol–water partition coefficient (Wildman–Crippen LogP) is 2.49. The van der Waals surface area contributed by atoms with Crippen molar-refractivity contribution in [2.75, 3.05) is 6.54 Å². The number of carbonyl (C=O) groups is 1. The third-order valence-electron chi connectivity index (χ3n) is 5.56. The zero-order chi connectivity index (χ0) is 18.5. The molecule has 138 valence electrons. The van der Waals surface area contributed by atoms with Gasteiger partial charge in [0, 0.05) is 18.5 Å². The highest BCUT2D eigenvalue weighted by molar-refractivity contribution is 5.78. The molecule has 0 radical (unpaired) electrons. The van der Waals surface area contributed by atoms with Crippen LogP contribution in [-0.4, -0.2) is 41.7 Å². The second kappa shape index (κ2) is 6.04. The zero-order valence-corrected chi connectivity index (χ0v) is 15.6. The van der Waals surface area contributed by atoms with Gasteiger partial charge in [0.2, 0.25) is 5.91 Å². The molecule has 0 saturated carbocycles. The van der Waals surface area contributed by atoms with E-state index < -0.39 is 0 Å². The third kappa shape index (κ3) is 2.57. The number of nitrogens with zero attached hydrogens (tertiary/aromatic N) is 6. The number of hydrogen-bond donors (Lipinski definition) is 0. The summed E-state index contributed by atoms with van der Waals surface area (Å²) in [7, 11) is 0. The summed E-state index contributed by atoms with van der Waals surface area (Å²) in [5.74, 6) is 1.77. The highest BCUT2D eigenvalue weighted by atomic mass is 16.2. The summed E-state index contributed by atoms with van der Waals surface area (Å²) in [6.45, 7) is 6.08. The van der Waals surface area contributed by atoms with Gasteiger partial charge in [-0.05, 0) is 37.5 Å². The van der Waals surface area contributed by atoms with Gasteiger partial charge in [0.1, 0.15) is 0 Å². The second-order valence-corrected chi connectivity index (χ2v) is 7.28. The van der Waals surface area contributed by atoms with Crippen LogP contribution < -0.4 is 0 Å². The van der Waals surface area contributed by atoms with Gasteiger partial charge in [-0.1, -0.05) is 13.0 Å². The molecule has 0 bridgehead atoms. The summed E-state index contributed by atoms with van der Waals surface area (Å²) in [4.78, 5) is 23.2. The molecule has 0 spiro atoms. The van der Waals surface area contributed by atoms with E-state index in [0.29, 0.717) is 25.3 Å². The number of benzene rings is 1. The zero-order valence-electron chi connectivity index (χ0n) is 15.6. The minimum atomic E-state index is 0.197. The maximum absolute atomic E-state index is 12.0. The Morgan fingerprint density at radius 3 is 2.93 bits per heavy atom. The van der Waals surface area contributed by atoms with Crippen molar-refractivity contribution >= 4 is 5.91 Å². The van der Waals surface area contributed by atoms with E-state index in [2.05, 4.69) is 34.7 Å². The Balaban J connectivity index is 1.64. The maximum Gasteiger partial charge on any atom is 0.223 e. The van der Waals surface area contributed by atoms with E-state index in [-0.39, 0.29) is 5.91 Å². The molecule has 5 rings (SSSR count). The normalized spacial score (nSPS) is 15.5. The van der Waals surface area contributed by atoms with Crippen LogP contribution in [0.25, 0.3) is 17.1 Å². The summed E-state index contributed by atoms with van der Waals surface area (Å²) in [6.07, 6.45) is 4.40. The lowest BCUT2D eigenvalue weighted by molar-refractivity contribution is -0.128. The topological polar surface area (TPSA) is 68.8 Å². The van der Waals surface area contributed by atoms with Gasteiger partial charge in [-0.15, -0.1) is 0 Å². The molecule has 0 atom stereocenters. The van der Waals surface area contributed by atoms with Crippen molar-refractivity contribution in [2.45, 2.75) is 46.2 Å². The van der Waals surface area contributed by atoms with E-state index >= 15 is 0 Å². The molecule has 27 heavy (non-hydrogen) atoms. The van der Waals surface area contributed by atoms with E-state index in [1.54, 1.807) is 0 Å². The van der Waals surface area contributed by atoms with Gasteiger partial charge in [0.15, 0.2) is 11.6 Å². The number of likely N-dealkylation sites (tertiary alicyclic amines) is 1. The molecule has 0 aliphatic carbocycles. The Labute approximate surface area is 157 Å². The van der Waals surface area contributed by atoms with Gasteiger partial charge >= 0.3 is 0 Å². The van der Waals surface area contributed by atoms with Crippen molar-refractivity contribution in [3.05, 3.63) is 47.3 Å². The molecule has 4 heterocycles. The molecule has 2 aromatic heterocycles. The van der Waals surface area contributed by atoms with Crippen molar-refractivity contribution in [1.82, 2.24) is 29.2 Å². The molecule has 2 aliphatic heterocycles. The van der Waals surface area contributed by atoms with Crippen LogP contribution in [-0.2, 0) is 24.3 Å². The van der Waals surface area contributed by atoms with Crippen LogP contribution in [0, 0.1) is 6.92 Å². The first-order chi connectivity index (χ1) is 13.1. The van der Waals surface area contributed by atoms with Crippen molar-refractivity contribution in [2.24, 2.45) is 0 Å². The fraction of sp³-hybridized carbons (Fsp3) is 0.400. The van der Waals surface area contributed by atoms with Gasteiger partial charge in [-0.2, -0.15) is 5.10 Å². The number of rotatable bonds is 3. The number of hydrogen-bond acceptors (Lipinski definition) is 4. The smallest absolute Gasteiger partial charge is 0.223 e. The van der Waals surface area contributed by atoms with E-state index in [1.807, 2.05) is 22.8 Å². The van der Waals surface area contributed by atoms with E-state index in [1.165, 1.54) is 5.56 Å². The molecule has 7 nitrogen and oxygen atoms in total. The van der Waals surface area contributed by atoms with Crippen LogP contribution in [0.3, 0.4) is 0 Å².